The van der Waals surface area contributed by atoms with Crippen molar-refractivity contribution in [2.75, 3.05) is 52.5 Å². The molecular weight excluding hydrogens is 414 g/mol. The Labute approximate surface area is 182 Å². The molecule has 0 saturated carbocycles. The Morgan fingerprint density at radius 3 is 1.77 bits per heavy atom. The van der Waals surface area contributed by atoms with Gasteiger partial charge in [-0.3, -0.25) is 4.90 Å². The van der Waals surface area contributed by atoms with Crippen molar-refractivity contribution in [2.24, 2.45) is 5.73 Å². The maximum Gasteiger partial charge on any atom is 0.111 e. The number of aliphatic hydroxyl groups excluding tert-OH is 9. The molecule has 12 nitrogen and oxygen atoms in total. The lowest BCUT2D eigenvalue weighted by atomic mass is 9.97. The van der Waals surface area contributed by atoms with E-state index in [-0.39, 0.29) is 32.2 Å². The molecule has 11 N–H and O–H groups in total. The molecule has 0 amide bonds. The monoisotopic (exact) mass is 455 g/mol. The minimum Gasteiger partial charge on any atom is -0.396 e. The second-order valence-corrected chi connectivity index (χ2v) is 8.25. The van der Waals surface area contributed by atoms with Gasteiger partial charge in [0.05, 0.1) is 24.9 Å². The third-order valence-corrected chi connectivity index (χ3v) is 5.90. The van der Waals surface area contributed by atoms with Crippen LogP contribution in [0.25, 0.3) is 0 Å². The SMILES string of the molecule is NCCN1CCC(N(C[C@H](O)[C@@H](O)[C@H](O)[C@H](O)CO)C[C@H](O)[C@@H](O)[C@H](O)CCO)CC1. The summed E-state index contributed by atoms with van der Waals surface area (Å²) in [5.41, 5.74) is 5.59. The fourth-order valence-electron chi connectivity index (χ4n) is 3.88. The van der Waals surface area contributed by atoms with Crippen molar-refractivity contribution in [3.8, 4) is 0 Å². The van der Waals surface area contributed by atoms with Crippen LogP contribution in [0.4, 0.5) is 0 Å². The predicted octanol–water partition coefficient (Wildman–Crippen LogP) is -5.39. The van der Waals surface area contributed by atoms with Crippen molar-refractivity contribution >= 4 is 0 Å². The van der Waals surface area contributed by atoms with Gasteiger partial charge >= 0.3 is 0 Å². The molecule has 12 heteroatoms. The average molecular weight is 456 g/mol. The first-order valence-electron chi connectivity index (χ1n) is 10.8. The summed E-state index contributed by atoms with van der Waals surface area (Å²) in [6, 6.07) is -0.118. The second-order valence-electron chi connectivity index (χ2n) is 8.25. The van der Waals surface area contributed by atoms with Gasteiger partial charge in [-0.25, -0.2) is 0 Å². The van der Waals surface area contributed by atoms with Crippen molar-refractivity contribution in [1.29, 1.82) is 0 Å². The highest BCUT2D eigenvalue weighted by atomic mass is 16.4. The van der Waals surface area contributed by atoms with Crippen molar-refractivity contribution in [3.63, 3.8) is 0 Å². The molecule has 0 aliphatic carbocycles. The Hall–Kier alpha value is -0.480. The van der Waals surface area contributed by atoms with E-state index in [4.69, 9.17) is 15.9 Å². The van der Waals surface area contributed by atoms with Gasteiger partial charge in [-0.05, 0) is 32.4 Å². The summed E-state index contributed by atoms with van der Waals surface area (Å²) in [6.45, 7) is 1.27. The normalized spacial score (nSPS) is 23.3. The number of nitrogens with zero attached hydrogens (tertiary/aromatic N) is 2. The number of aliphatic hydroxyl groups is 9. The predicted molar refractivity (Wildman–Crippen MR) is 111 cm³/mol. The van der Waals surface area contributed by atoms with Crippen LogP contribution in [-0.2, 0) is 0 Å². The number of hydrogen-bond acceptors (Lipinski definition) is 12. The number of rotatable bonds is 15. The fourth-order valence-corrected chi connectivity index (χ4v) is 3.88. The van der Waals surface area contributed by atoms with Gasteiger partial charge in [0, 0.05) is 38.8 Å². The van der Waals surface area contributed by atoms with Gasteiger partial charge in [0.2, 0.25) is 0 Å². The van der Waals surface area contributed by atoms with E-state index in [1.54, 1.807) is 4.90 Å². The number of piperidine rings is 1. The summed E-state index contributed by atoms with van der Waals surface area (Å²) >= 11 is 0. The molecular formula is C19H41N3O9. The van der Waals surface area contributed by atoms with E-state index in [1.165, 1.54) is 0 Å². The summed E-state index contributed by atoms with van der Waals surface area (Å²) in [6.07, 6.45) is -9.65. The van der Waals surface area contributed by atoms with Crippen LogP contribution in [0.2, 0.25) is 0 Å². The number of likely N-dealkylation sites (tertiary alicyclic amines) is 1. The lowest BCUT2D eigenvalue weighted by molar-refractivity contribution is -0.126. The lowest BCUT2D eigenvalue weighted by Gasteiger charge is -2.41. The Balaban J connectivity index is 2.85. The molecule has 0 radical (unpaired) electrons. The van der Waals surface area contributed by atoms with Crippen LogP contribution in [0, 0.1) is 0 Å². The third-order valence-electron chi connectivity index (χ3n) is 5.90. The summed E-state index contributed by atoms with van der Waals surface area (Å²) in [4.78, 5) is 3.85. The highest BCUT2D eigenvalue weighted by Crippen LogP contribution is 2.20. The smallest absolute Gasteiger partial charge is 0.111 e. The van der Waals surface area contributed by atoms with Crippen LogP contribution < -0.4 is 5.73 Å². The Morgan fingerprint density at radius 1 is 0.774 bits per heavy atom. The zero-order chi connectivity index (χ0) is 23.6. The van der Waals surface area contributed by atoms with E-state index in [0.29, 0.717) is 19.4 Å². The molecule has 186 valence electrons. The second kappa shape index (κ2) is 14.6. The number of nitrogens with two attached hydrogens (primary N) is 1. The zero-order valence-electron chi connectivity index (χ0n) is 17.9. The first kappa shape index (κ1) is 28.6. The van der Waals surface area contributed by atoms with E-state index in [9.17, 15) is 35.7 Å². The van der Waals surface area contributed by atoms with Crippen LogP contribution in [0.15, 0.2) is 0 Å². The molecule has 1 aliphatic rings. The lowest BCUT2D eigenvalue weighted by Crippen LogP contribution is -2.56. The van der Waals surface area contributed by atoms with E-state index in [2.05, 4.69) is 4.90 Å². The van der Waals surface area contributed by atoms with Gasteiger partial charge in [0.15, 0.2) is 0 Å². The van der Waals surface area contributed by atoms with Gasteiger partial charge in [-0.1, -0.05) is 0 Å². The van der Waals surface area contributed by atoms with Crippen molar-refractivity contribution in [2.45, 2.75) is 68.0 Å². The van der Waals surface area contributed by atoms with Gasteiger partial charge < -0.3 is 56.6 Å². The maximum absolute atomic E-state index is 10.4. The number of hydrogen-bond donors (Lipinski definition) is 10. The van der Waals surface area contributed by atoms with Crippen molar-refractivity contribution < 1.29 is 46.0 Å². The van der Waals surface area contributed by atoms with Gasteiger partial charge in [-0.15, -0.1) is 0 Å². The highest BCUT2D eigenvalue weighted by molar-refractivity contribution is 4.89. The van der Waals surface area contributed by atoms with Crippen LogP contribution >= 0.6 is 0 Å². The highest BCUT2D eigenvalue weighted by Gasteiger charge is 2.35. The van der Waals surface area contributed by atoms with Gasteiger partial charge in [0.25, 0.3) is 0 Å². The molecule has 0 unspecified atom stereocenters. The summed E-state index contributed by atoms with van der Waals surface area (Å²) in [5.74, 6) is 0. The van der Waals surface area contributed by atoms with E-state index < -0.39 is 49.3 Å². The summed E-state index contributed by atoms with van der Waals surface area (Å²) in [5, 5.41) is 88.2. The molecule has 1 fully saturated rings. The van der Waals surface area contributed by atoms with E-state index in [0.717, 1.165) is 19.6 Å². The van der Waals surface area contributed by atoms with Crippen molar-refractivity contribution in [3.05, 3.63) is 0 Å². The molecule has 1 rings (SSSR count). The molecule has 7 atom stereocenters. The zero-order valence-corrected chi connectivity index (χ0v) is 17.9. The van der Waals surface area contributed by atoms with Gasteiger partial charge in [0.1, 0.15) is 24.4 Å². The molecule has 1 heterocycles. The van der Waals surface area contributed by atoms with Crippen LogP contribution in [0.1, 0.15) is 19.3 Å². The molecule has 31 heavy (non-hydrogen) atoms. The van der Waals surface area contributed by atoms with E-state index >= 15 is 0 Å². The standard InChI is InChI=1S/C19H41N3O9/c20-4-7-21-5-1-12(2-6-21)22(9-14(26)17(29)13(25)3-8-23)10-15(27)18(30)19(31)16(28)11-24/h12-19,23-31H,1-11,20H2/t13-,14+,15+,16-,17+,18-,19-/m1/s1. The van der Waals surface area contributed by atoms with Crippen LogP contribution in [0.5, 0.6) is 0 Å². The van der Waals surface area contributed by atoms with Gasteiger partial charge in [-0.2, -0.15) is 0 Å². The summed E-state index contributed by atoms with van der Waals surface area (Å²) in [7, 11) is 0. The fraction of sp³-hybridized carbons (Fsp3) is 1.00. The molecule has 0 spiro atoms. The average Bonchev–Trinajstić information content (AvgIpc) is 2.77. The Kier molecular flexibility index (Phi) is 13.5. The largest absolute Gasteiger partial charge is 0.396 e. The minimum atomic E-state index is -1.77. The van der Waals surface area contributed by atoms with Crippen LogP contribution in [0.3, 0.4) is 0 Å². The minimum absolute atomic E-state index is 0.109. The molecule has 0 aromatic carbocycles. The maximum atomic E-state index is 10.4. The van der Waals surface area contributed by atoms with Crippen molar-refractivity contribution in [1.82, 2.24) is 9.80 Å². The molecule has 0 aromatic heterocycles. The van der Waals surface area contributed by atoms with E-state index in [1.807, 2.05) is 0 Å². The molecule has 1 aliphatic heterocycles. The Bertz CT molecular complexity index is 471. The summed E-state index contributed by atoms with van der Waals surface area (Å²) < 4.78 is 0. The molecule has 0 bridgehead atoms. The third kappa shape index (κ3) is 9.12. The van der Waals surface area contributed by atoms with Crippen LogP contribution in [-0.4, -0.2) is 157 Å². The molecule has 0 aromatic rings. The topological polar surface area (TPSA) is 215 Å². The Morgan fingerprint density at radius 2 is 1.29 bits per heavy atom. The first-order valence-corrected chi connectivity index (χ1v) is 10.8. The molecule has 1 saturated heterocycles. The quantitative estimate of drug-likeness (QED) is 0.112. The first-order chi connectivity index (χ1) is 14.7.